The molecule has 0 radical (unpaired) electrons. The Balaban J connectivity index is 1.72. The van der Waals surface area contributed by atoms with Crippen LogP contribution in [0.2, 0.25) is 5.02 Å². The Bertz CT molecular complexity index is 1090. The van der Waals surface area contributed by atoms with Gasteiger partial charge in [-0.15, -0.1) is 0 Å². The Kier molecular flexibility index (Phi) is 4.00. The second-order valence-electron chi connectivity index (χ2n) is 5.23. The summed E-state index contributed by atoms with van der Waals surface area (Å²) in [5.41, 5.74) is 1.44. The van der Waals surface area contributed by atoms with Gasteiger partial charge in [-0.25, -0.2) is 4.98 Å². The summed E-state index contributed by atoms with van der Waals surface area (Å²) in [6, 6.07) is 17.0. The number of rotatable bonds is 2. The molecular weight excluding hydrogens is 408 g/mol. The monoisotopic (exact) mass is 416 g/mol. The van der Waals surface area contributed by atoms with E-state index in [1.165, 1.54) is 11.3 Å². The lowest BCUT2D eigenvalue weighted by molar-refractivity contribution is 0.102. The van der Waals surface area contributed by atoms with Crippen molar-refractivity contribution in [1.82, 2.24) is 4.98 Å². The van der Waals surface area contributed by atoms with Crippen molar-refractivity contribution >= 4 is 70.9 Å². The first-order chi connectivity index (χ1) is 11.6. The van der Waals surface area contributed by atoms with Gasteiger partial charge >= 0.3 is 0 Å². The molecule has 0 spiro atoms. The molecule has 4 aromatic rings. The number of anilines is 1. The predicted octanol–water partition coefficient (Wildman–Crippen LogP) is 6.12. The molecule has 0 aliphatic rings. The summed E-state index contributed by atoms with van der Waals surface area (Å²) in [6.07, 6.45) is 0. The summed E-state index contributed by atoms with van der Waals surface area (Å²) in [7, 11) is 0. The van der Waals surface area contributed by atoms with Crippen LogP contribution < -0.4 is 5.32 Å². The normalized spacial score (nSPS) is 11.1. The van der Waals surface area contributed by atoms with Crippen molar-refractivity contribution < 1.29 is 4.79 Å². The van der Waals surface area contributed by atoms with E-state index in [1.54, 1.807) is 6.07 Å². The van der Waals surface area contributed by atoms with Gasteiger partial charge in [0.1, 0.15) is 0 Å². The van der Waals surface area contributed by atoms with Crippen molar-refractivity contribution in [1.29, 1.82) is 0 Å². The quantitative estimate of drug-likeness (QED) is 0.427. The van der Waals surface area contributed by atoms with Crippen LogP contribution >= 0.6 is 38.9 Å². The van der Waals surface area contributed by atoms with Gasteiger partial charge < -0.3 is 0 Å². The molecule has 3 nitrogen and oxygen atoms in total. The number of nitrogens with zero attached hydrogens (tertiary/aromatic N) is 1. The van der Waals surface area contributed by atoms with E-state index in [9.17, 15) is 4.79 Å². The first-order valence-corrected chi connectivity index (χ1v) is 9.15. The third-order valence-corrected chi connectivity index (χ3v) is 5.54. The van der Waals surface area contributed by atoms with E-state index in [1.807, 2.05) is 48.5 Å². The minimum atomic E-state index is -0.177. The Morgan fingerprint density at radius 2 is 1.88 bits per heavy atom. The fraction of sp³-hybridized carbons (Fsp3) is 0. The van der Waals surface area contributed by atoms with Gasteiger partial charge in [-0.3, -0.25) is 10.1 Å². The number of hydrogen-bond donors (Lipinski definition) is 1. The molecule has 6 heteroatoms. The number of hydrogen-bond acceptors (Lipinski definition) is 3. The fourth-order valence-electron chi connectivity index (χ4n) is 2.59. The standard InChI is InChI=1S/C18H10BrClN2OS/c19-14-6-2-3-11-12(14)4-1-5-13(11)17(23)22-18-21-15-8-7-10(20)9-16(15)24-18/h1-9H,(H,21,22,23). The summed E-state index contributed by atoms with van der Waals surface area (Å²) in [4.78, 5) is 17.1. The summed E-state index contributed by atoms with van der Waals surface area (Å²) in [6.45, 7) is 0. The Labute approximate surface area is 155 Å². The highest BCUT2D eigenvalue weighted by Gasteiger charge is 2.13. The van der Waals surface area contributed by atoms with Crippen LogP contribution in [0.1, 0.15) is 10.4 Å². The van der Waals surface area contributed by atoms with Crippen LogP contribution in [-0.2, 0) is 0 Å². The average Bonchev–Trinajstić information content (AvgIpc) is 2.96. The van der Waals surface area contributed by atoms with Crippen molar-refractivity contribution in [2.24, 2.45) is 0 Å². The highest BCUT2D eigenvalue weighted by Crippen LogP contribution is 2.30. The lowest BCUT2D eigenvalue weighted by atomic mass is 10.0. The van der Waals surface area contributed by atoms with Crippen molar-refractivity contribution in [2.45, 2.75) is 0 Å². The first kappa shape index (κ1) is 15.6. The van der Waals surface area contributed by atoms with Gasteiger partial charge in [-0.1, -0.05) is 63.1 Å². The SMILES string of the molecule is O=C(Nc1nc2ccc(Cl)cc2s1)c1cccc2c(Br)cccc12. The molecule has 118 valence electrons. The molecule has 0 aliphatic heterocycles. The van der Waals surface area contributed by atoms with E-state index in [4.69, 9.17) is 11.6 Å². The van der Waals surface area contributed by atoms with Gasteiger partial charge in [0, 0.05) is 15.1 Å². The zero-order valence-electron chi connectivity index (χ0n) is 12.2. The van der Waals surface area contributed by atoms with Gasteiger partial charge in [0.05, 0.1) is 10.2 Å². The molecular formula is C18H10BrClN2OS. The lowest BCUT2D eigenvalue weighted by Gasteiger charge is -2.07. The number of carbonyl (C=O) groups is 1. The van der Waals surface area contributed by atoms with E-state index < -0.39 is 0 Å². The van der Waals surface area contributed by atoms with Crippen LogP contribution in [0.5, 0.6) is 0 Å². The minimum Gasteiger partial charge on any atom is -0.298 e. The van der Waals surface area contributed by atoms with Gasteiger partial charge in [-0.05, 0) is 41.1 Å². The van der Waals surface area contributed by atoms with Crippen LogP contribution in [0, 0.1) is 0 Å². The number of thiazole rings is 1. The van der Waals surface area contributed by atoms with Gasteiger partial charge in [0.2, 0.25) is 0 Å². The number of fused-ring (bicyclic) bond motifs is 2. The largest absolute Gasteiger partial charge is 0.298 e. The van der Waals surface area contributed by atoms with E-state index in [-0.39, 0.29) is 5.91 Å². The molecule has 0 atom stereocenters. The van der Waals surface area contributed by atoms with Crippen molar-refractivity contribution in [3.8, 4) is 0 Å². The number of carbonyl (C=O) groups excluding carboxylic acids is 1. The van der Waals surface area contributed by atoms with Crippen molar-refractivity contribution in [2.75, 3.05) is 5.32 Å². The third-order valence-electron chi connectivity index (χ3n) is 3.68. The van der Waals surface area contributed by atoms with E-state index in [0.29, 0.717) is 15.7 Å². The zero-order valence-corrected chi connectivity index (χ0v) is 15.4. The van der Waals surface area contributed by atoms with Crippen molar-refractivity contribution in [3.63, 3.8) is 0 Å². The molecule has 0 saturated heterocycles. The fourth-order valence-corrected chi connectivity index (χ4v) is 4.22. The van der Waals surface area contributed by atoms with Crippen LogP contribution in [0.4, 0.5) is 5.13 Å². The molecule has 3 aromatic carbocycles. The highest BCUT2D eigenvalue weighted by atomic mass is 79.9. The molecule has 1 amide bonds. The maximum atomic E-state index is 12.7. The lowest BCUT2D eigenvalue weighted by Crippen LogP contribution is -2.12. The van der Waals surface area contributed by atoms with Crippen LogP contribution in [0.3, 0.4) is 0 Å². The minimum absolute atomic E-state index is 0.177. The molecule has 0 aliphatic carbocycles. The molecule has 1 aromatic heterocycles. The van der Waals surface area contributed by atoms with Crippen molar-refractivity contribution in [3.05, 3.63) is 69.7 Å². The maximum absolute atomic E-state index is 12.7. The van der Waals surface area contributed by atoms with E-state index in [0.717, 1.165) is 25.5 Å². The Hall–Kier alpha value is -1.95. The number of nitrogens with one attached hydrogen (secondary N) is 1. The second-order valence-corrected chi connectivity index (χ2v) is 7.55. The smallest absolute Gasteiger partial charge is 0.258 e. The molecule has 24 heavy (non-hydrogen) atoms. The van der Waals surface area contributed by atoms with Gasteiger partial charge in [-0.2, -0.15) is 0 Å². The third kappa shape index (κ3) is 2.79. The number of halogens is 2. The summed E-state index contributed by atoms with van der Waals surface area (Å²) >= 11 is 10.9. The molecule has 0 bridgehead atoms. The Morgan fingerprint density at radius 3 is 2.75 bits per heavy atom. The Morgan fingerprint density at radius 1 is 1.08 bits per heavy atom. The van der Waals surface area contributed by atoms with E-state index >= 15 is 0 Å². The molecule has 1 heterocycles. The maximum Gasteiger partial charge on any atom is 0.258 e. The van der Waals surface area contributed by atoms with Gasteiger partial charge in [0.15, 0.2) is 5.13 Å². The summed E-state index contributed by atoms with van der Waals surface area (Å²) in [5, 5.41) is 6.00. The highest BCUT2D eigenvalue weighted by molar-refractivity contribution is 9.10. The summed E-state index contributed by atoms with van der Waals surface area (Å²) in [5.74, 6) is -0.177. The predicted molar refractivity (Wildman–Crippen MR) is 104 cm³/mol. The van der Waals surface area contributed by atoms with Gasteiger partial charge in [0.25, 0.3) is 5.91 Å². The molecule has 4 rings (SSSR count). The number of benzene rings is 3. The first-order valence-electron chi connectivity index (χ1n) is 7.16. The molecule has 0 fully saturated rings. The van der Waals surface area contributed by atoms with Crippen LogP contribution in [-0.4, -0.2) is 10.9 Å². The van der Waals surface area contributed by atoms with Crippen LogP contribution in [0.15, 0.2) is 59.1 Å². The molecule has 1 N–H and O–H groups in total. The number of aromatic nitrogens is 1. The average molecular weight is 418 g/mol. The van der Waals surface area contributed by atoms with Crippen LogP contribution in [0.25, 0.3) is 21.0 Å². The number of amides is 1. The van der Waals surface area contributed by atoms with E-state index in [2.05, 4.69) is 26.2 Å². The molecule has 0 saturated carbocycles. The topological polar surface area (TPSA) is 42.0 Å². The summed E-state index contributed by atoms with van der Waals surface area (Å²) < 4.78 is 1.91. The zero-order chi connectivity index (χ0) is 16.7. The second kappa shape index (κ2) is 6.16. The molecule has 0 unspecified atom stereocenters.